The molecule has 19 heavy (non-hydrogen) atoms. The molecule has 1 aliphatic carbocycles. The van der Waals surface area contributed by atoms with Gasteiger partial charge in [0.05, 0.1) is 0 Å². The molecular weight excluding hydrogens is 232 g/mol. The van der Waals surface area contributed by atoms with Crippen LogP contribution in [0.25, 0.3) is 0 Å². The van der Waals surface area contributed by atoms with Gasteiger partial charge in [-0.05, 0) is 77.0 Å². The van der Waals surface area contributed by atoms with Gasteiger partial charge in [0, 0.05) is 6.04 Å². The van der Waals surface area contributed by atoms with Crippen LogP contribution in [-0.2, 0) is 0 Å². The lowest BCUT2D eigenvalue weighted by Crippen LogP contribution is -2.41. The van der Waals surface area contributed by atoms with Gasteiger partial charge in [-0.3, -0.25) is 0 Å². The fourth-order valence-electron chi connectivity index (χ4n) is 4.09. The Labute approximate surface area is 120 Å². The maximum absolute atomic E-state index is 3.30. The van der Waals surface area contributed by atoms with Gasteiger partial charge < -0.3 is 10.2 Å². The first-order valence-corrected chi connectivity index (χ1v) is 8.72. The Morgan fingerprint density at radius 3 is 2.42 bits per heavy atom. The van der Waals surface area contributed by atoms with Gasteiger partial charge in [0.15, 0.2) is 0 Å². The van der Waals surface area contributed by atoms with Crippen LogP contribution in [0.15, 0.2) is 0 Å². The van der Waals surface area contributed by atoms with E-state index in [0.717, 1.165) is 17.9 Å². The van der Waals surface area contributed by atoms with E-state index in [2.05, 4.69) is 24.2 Å². The summed E-state index contributed by atoms with van der Waals surface area (Å²) in [7, 11) is 2.07. The minimum absolute atomic E-state index is 0.918. The maximum atomic E-state index is 3.30. The first-order valence-electron chi connectivity index (χ1n) is 8.72. The third-order valence-electron chi connectivity index (χ3n) is 5.60. The summed E-state index contributed by atoms with van der Waals surface area (Å²) < 4.78 is 0. The molecule has 2 aliphatic rings. The van der Waals surface area contributed by atoms with Crippen molar-refractivity contribution in [2.75, 3.05) is 26.7 Å². The lowest BCUT2D eigenvalue weighted by atomic mass is 9.91. The first-order chi connectivity index (χ1) is 9.33. The Balaban J connectivity index is 1.71. The van der Waals surface area contributed by atoms with Crippen molar-refractivity contribution in [2.24, 2.45) is 11.8 Å². The van der Waals surface area contributed by atoms with E-state index in [4.69, 9.17) is 0 Å². The first kappa shape index (κ1) is 15.3. The van der Waals surface area contributed by atoms with E-state index in [-0.39, 0.29) is 0 Å². The molecule has 2 unspecified atom stereocenters. The normalized spacial score (nSPS) is 31.3. The Hall–Kier alpha value is -0.0800. The number of hydrogen-bond acceptors (Lipinski definition) is 2. The second-order valence-corrected chi connectivity index (χ2v) is 6.81. The average molecular weight is 266 g/mol. The van der Waals surface area contributed by atoms with Crippen LogP contribution in [0.1, 0.15) is 64.7 Å². The van der Waals surface area contributed by atoms with Gasteiger partial charge in [0.1, 0.15) is 0 Å². The number of piperidine rings is 1. The molecule has 2 fully saturated rings. The predicted molar refractivity (Wildman–Crippen MR) is 83.5 cm³/mol. The maximum Gasteiger partial charge on any atom is 0.00953 e. The van der Waals surface area contributed by atoms with Crippen LogP contribution < -0.4 is 5.32 Å². The Kier molecular flexibility index (Phi) is 6.66. The molecule has 0 spiro atoms. The third kappa shape index (κ3) is 4.75. The molecule has 0 radical (unpaired) electrons. The fraction of sp³-hybridized carbons (Fsp3) is 1.00. The summed E-state index contributed by atoms with van der Waals surface area (Å²) in [5.41, 5.74) is 0. The average Bonchev–Trinajstić information content (AvgIpc) is 2.71. The van der Waals surface area contributed by atoms with Gasteiger partial charge in [-0.2, -0.15) is 0 Å². The van der Waals surface area contributed by atoms with Crippen molar-refractivity contribution in [2.45, 2.75) is 70.8 Å². The zero-order valence-electron chi connectivity index (χ0n) is 13.2. The topological polar surface area (TPSA) is 15.3 Å². The smallest absolute Gasteiger partial charge is 0.00953 e. The van der Waals surface area contributed by atoms with Gasteiger partial charge in [-0.15, -0.1) is 0 Å². The highest BCUT2D eigenvalue weighted by Gasteiger charge is 2.26. The van der Waals surface area contributed by atoms with E-state index < -0.39 is 0 Å². The van der Waals surface area contributed by atoms with Crippen molar-refractivity contribution in [1.29, 1.82) is 0 Å². The van der Waals surface area contributed by atoms with Crippen molar-refractivity contribution in [3.8, 4) is 0 Å². The van der Waals surface area contributed by atoms with Crippen LogP contribution in [0, 0.1) is 11.8 Å². The number of rotatable bonds is 5. The Morgan fingerprint density at radius 2 is 1.74 bits per heavy atom. The Bertz CT molecular complexity index is 233. The second kappa shape index (κ2) is 8.26. The minimum Gasteiger partial charge on any atom is -0.320 e. The zero-order valence-corrected chi connectivity index (χ0v) is 13.2. The number of nitrogens with one attached hydrogen (secondary N) is 1. The van der Waals surface area contributed by atoms with Crippen LogP contribution in [0.4, 0.5) is 0 Å². The highest BCUT2D eigenvalue weighted by molar-refractivity contribution is 4.81. The molecule has 2 rings (SSSR count). The lowest BCUT2D eigenvalue weighted by Gasteiger charge is -2.37. The summed E-state index contributed by atoms with van der Waals surface area (Å²) in [6, 6.07) is 0.918. The molecule has 0 amide bonds. The van der Waals surface area contributed by atoms with Crippen molar-refractivity contribution in [3.63, 3.8) is 0 Å². The van der Waals surface area contributed by atoms with E-state index in [1.54, 1.807) is 0 Å². The monoisotopic (exact) mass is 266 g/mol. The van der Waals surface area contributed by atoms with Gasteiger partial charge in [0.2, 0.25) is 0 Å². The molecule has 1 N–H and O–H groups in total. The van der Waals surface area contributed by atoms with E-state index in [1.807, 2.05) is 0 Å². The standard InChI is InChI=1S/C17H34N2/c1-3-15-5-4-6-17(8-7-15)19-13-10-16(11-14-19)9-12-18-2/h15-18H,3-14H2,1-2H3. The quantitative estimate of drug-likeness (QED) is 0.764. The summed E-state index contributed by atoms with van der Waals surface area (Å²) in [6.45, 7) is 6.32. The number of hydrogen-bond donors (Lipinski definition) is 1. The van der Waals surface area contributed by atoms with Gasteiger partial charge in [0.25, 0.3) is 0 Å². The molecule has 112 valence electrons. The van der Waals surface area contributed by atoms with E-state index in [1.165, 1.54) is 77.4 Å². The van der Waals surface area contributed by atoms with Crippen molar-refractivity contribution < 1.29 is 0 Å². The SMILES string of the molecule is CCC1CCCC(N2CCC(CCNC)CC2)CC1. The van der Waals surface area contributed by atoms with Crippen LogP contribution in [0.5, 0.6) is 0 Å². The molecule has 1 aliphatic heterocycles. The molecule has 2 nitrogen and oxygen atoms in total. The van der Waals surface area contributed by atoms with E-state index in [9.17, 15) is 0 Å². The highest BCUT2D eigenvalue weighted by atomic mass is 15.2. The van der Waals surface area contributed by atoms with Gasteiger partial charge >= 0.3 is 0 Å². The predicted octanol–water partition coefficient (Wildman–Crippen LogP) is 3.67. The summed E-state index contributed by atoms with van der Waals surface area (Å²) in [5.74, 6) is 2.01. The molecule has 0 aromatic carbocycles. The molecule has 1 saturated carbocycles. The summed E-state index contributed by atoms with van der Waals surface area (Å²) in [5, 5.41) is 3.30. The summed E-state index contributed by atoms with van der Waals surface area (Å²) in [4.78, 5) is 2.83. The third-order valence-corrected chi connectivity index (χ3v) is 5.60. The molecule has 0 aromatic rings. The second-order valence-electron chi connectivity index (χ2n) is 6.81. The van der Waals surface area contributed by atoms with E-state index in [0.29, 0.717) is 0 Å². The van der Waals surface area contributed by atoms with Crippen molar-refractivity contribution >= 4 is 0 Å². The molecule has 0 aromatic heterocycles. The largest absolute Gasteiger partial charge is 0.320 e. The van der Waals surface area contributed by atoms with Crippen LogP contribution in [0.3, 0.4) is 0 Å². The highest BCUT2D eigenvalue weighted by Crippen LogP contribution is 2.30. The fourth-order valence-corrected chi connectivity index (χ4v) is 4.09. The summed E-state index contributed by atoms with van der Waals surface area (Å²) >= 11 is 0. The molecular formula is C17H34N2. The molecule has 0 bridgehead atoms. The zero-order chi connectivity index (χ0) is 13.5. The number of nitrogens with zero attached hydrogens (tertiary/aromatic N) is 1. The van der Waals surface area contributed by atoms with Crippen LogP contribution >= 0.6 is 0 Å². The lowest BCUT2D eigenvalue weighted by molar-refractivity contribution is 0.118. The van der Waals surface area contributed by atoms with Crippen LogP contribution in [-0.4, -0.2) is 37.6 Å². The van der Waals surface area contributed by atoms with E-state index >= 15 is 0 Å². The van der Waals surface area contributed by atoms with Crippen molar-refractivity contribution in [1.82, 2.24) is 10.2 Å². The van der Waals surface area contributed by atoms with Crippen LogP contribution in [0.2, 0.25) is 0 Å². The van der Waals surface area contributed by atoms with Gasteiger partial charge in [-0.25, -0.2) is 0 Å². The van der Waals surface area contributed by atoms with Crippen molar-refractivity contribution in [3.05, 3.63) is 0 Å². The van der Waals surface area contributed by atoms with Gasteiger partial charge in [-0.1, -0.05) is 26.2 Å². The minimum atomic E-state index is 0.918. The molecule has 1 heterocycles. The summed E-state index contributed by atoms with van der Waals surface area (Å²) in [6.07, 6.45) is 13.1. The number of likely N-dealkylation sites (tertiary alicyclic amines) is 1. The molecule has 1 saturated heterocycles. The molecule has 2 heteroatoms. The molecule has 2 atom stereocenters. The Morgan fingerprint density at radius 1 is 0.947 bits per heavy atom.